The zero-order chi connectivity index (χ0) is 14.5. The van der Waals surface area contributed by atoms with Crippen LogP contribution < -0.4 is 15.2 Å². The highest BCUT2D eigenvalue weighted by Crippen LogP contribution is 2.25. The van der Waals surface area contributed by atoms with E-state index in [-0.39, 0.29) is 0 Å². The molecular weight excluding hydrogens is 252 g/mol. The molecule has 0 amide bonds. The first-order valence-corrected chi connectivity index (χ1v) is 6.20. The molecule has 20 heavy (non-hydrogen) atoms. The van der Waals surface area contributed by atoms with Crippen LogP contribution in [0.2, 0.25) is 0 Å². The summed E-state index contributed by atoms with van der Waals surface area (Å²) in [4.78, 5) is 0. The molecule has 0 fully saturated rings. The number of nitriles is 1. The van der Waals surface area contributed by atoms with Crippen molar-refractivity contribution in [2.75, 3.05) is 12.8 Å². The summed E-state index contributed by atoms with van der Waals surface area (Å²) >= 11 is 0. The van der Waals surface area contributed by atoms with Crippen LogP contribution in [0, 0.1) is 18.3 Å². The molecule has 4 nitrogen and oxygen atoms in total. The van der Waals surface area contributed by atoms with Crippen LogP contribution in [0.15, 0.2) is 36.4 Å². The third kappa shape index (κ3) is 3.01. The standard InChI is InChI=1S/C16H16N2O2/c1-11-3-6-14(18)16(7-11)20-10-12-4-5-13(9-17)15(8-12)19-2/h3-8H,10,18H2,1-2H3. The molecule has 2 aromatic carbocycles. The lowest BCUT2D eigenvalue weighted by atomic mass is 10.1. The Morgan fingerprint density at radius 2 is 1.95 bits per heavy atom. The van der Waals surface area contributed by atoms with Crippen molar-refractivity contribution in [1.29, 1.82) is 5.26 Å². The van der Waals surface area contributed by atoms with E-state index >= 15 is 0 Å². The van der Waals surface area contributed by atoms with E-state index in [1.54, 1.807) is 19.2 Å². The highest BCUT2D eigenvalue weighted by atomic mass is 16.5. The molecule has 0 saturated heterocycles. The molecule has 0 heterocycles. The molecule has 0 aliphatic rings. The van der Waals surface area contributed by atoms with Crippen molar-refractivity contribution < 1.29 is 9.47 Å². The molecular formula is C16H16N2O2. The highest BCUT2D eigenvalue weighted by molar-refractivity contribution is 5.54. The predicted octanol–water partition coefficient (Wildman–Crippen LogP) is 3.04. The zero-order valence-electron chi connectivity index (χ0n) is 11.5. The van der Waals surface area contributed by atoms with Crippen molar-refractivity contribution in [2.45, 2.75) is 13.5 Å². The minimum atomic E-state index is 0.371. The van der Waals surface area contributed by atoms with Crippen molar-refractivity contribution in [2.24, 2.45) is 0 Å². The molecule has 2 N–H and O–H groups in total. The number of nitrogens with two attached hydrogens (primary N) is 1. The number of rotatable bonds is 4. The summed E-state index contributed by atoms with van der Waals surface area (Å²) in [5.74, 6) is 1.21. The monoisotopic (exact) mass is 268 g/mol. The minimum absolute atomic E-state index is 0.371. The van der Waals surface area contributed by atoms with Gasteiger partial charge in [-0.3, -0.25) is 0 Å². The van der Waals surface area contributed by atoms with E-state index in [1.165, 1.54) is 0 Å². The van der Waals surface area contributed by atoms with E-state index in [9.17, 15) is 0 Å². The maximum absolute atomic E-state index is 8.94. The van der Waals surface area contributed by atoms with Gasteiger partial charge in [-0.1, -0.05) is 12.1 Å². The molecule has 0 spiro atoms. The van der Waals surface area contributed by atoms with Gasteiger partial charge in [-0.2, -0.15) is 5.26 Å². The lowest BCUT2D eigenvalue weighted by molar-refractivity contribution is 0.306. The largest absolute Gasteiger partial charge is 0.495 e. The van der Waals surface area contributed by atoms with Crippen molar-refractivity contribution in [1.82, 2.24) is 0 Å². The fourth-order valence-corrected chi connectivity index (χ4v) is 1.85. The first-order valence-electron chi connectivity index (χ1n) is 6.20. The fourth-order valence-electron chi connectivity index (χ4n) is 1.85. The van der Waals surface area contributed by atoms with Crippen LogP contribution in [-0.2, 0) is 6.61 Å². The lowest BCUT2D eigenvalue weighted by Gasteiger charge is -2.11. The van der Waals surface area contributed by atoms with Crippen LogP contribution in [0.25, 0.3) is 0 Å². The van der Waals surface area contributed by atoms with Gasteiger partial charge in [-0.15, -0.1) is 0 Å². The average molecular weight is 268 g/mol. The zero-order valence-corrected chi connectivity index (χ0v) is 11.5. The summed E-state index contributed by atoms with van der Waals surface area (Å²) in [6, 6.07) is 13.1. The van der Waals surface area contributed by atoms with Crippen LogP contribution in [0.1, 0.15) is 16.7 Å². The Labute approximate surface area is 118 Å². The van der Waals surface area contributed by atoms with Crippen LogP contribution in [0.3, 0.4) is 0 Å². The van der Waals surface area contributed by atoms with E-state index < -0.39 is 0 Å². The Morgan fingerprint density at radius 1 is 1.15 bits per heavy atom. The summed E-state index contributed by atoms with van der Waals surface area (Å²) < 4.78 is 10.9. The Kier molecular flexibility index (Phi) is 4.11. The second-order valence-electron chi connectivity index (χ2n) is 4.48. The summed E-state index contributed by atoms with van der Waals surface area (Å²) in [7, 11) is 1.54. The number of nitrogens with zero attached hydrogens (tertiary/aromatic N) is 1. The maximum atomic E-state index is 8.94. The van der Waals surface area contributed by atoms with Crippen LogP contribution >= 0.6 is 0 Å². The lowest BCUT2D eigenvalue weighted by Crippen LogP contribution is -2.00. The molecule has 102 valence electrons. The number of hydrogen-bond acceptors (Lipinski definition) is 4. The first kappa shape index (κ1) is 13.8. The maximum Gasteiger partial charge on any atom is 0.142 e. The summed E-state index contributed by atoms with van der Waals surface area (Å²) in [6.45, 7) is 2.35. The Morgan fingerprint density at radius 3 is 2.65 bits per heavy atom. The molecule has 0 atom stereocenters. The SMILES string of the molecule is COc1cc(COc2cc(C)ccc2N)ccc1C#N. The van der Waals surface area contributed by atoms with Gasteiger partial charge in [0.2, 0.25) is 0 Å². The van der Waals surface area contributed by atoms with Crippen LogP contribution in [-0.4, -0.2) is 7.11 Å². The Hall–Kier alpha value is -2.67. The van der Waals surface area contributed by atoms with Crippen molar-refractivity contribution >= 4 is 5.69 Å². The highest BCUT2D eigenvalue weighted by Gasteiger charge is 2.06. The Balaban J connectivity index is 2.15. The molecule has 0 unspecified atom stereocenters. The van der Waals surface area contributed by atoms with Crippen molar-refractivity contribution in [3.63, 3.8) is 0 Å². The number of benzene rings is 2. The smallest absolute Gasteiger partial charge is 0.142 e. The van der Waals surface area contributed by atoms with E-state index in [4.69, 9.17) is 20.5 Å². The number of nitrogen functional groups attached to an aromatic ring is 1. The number of aryl methyl sites for hydroxylation is 1. The molecule has 0 bridgehead atoms. The van der Waals surface area contributed by atoms with Gasteiger partial charge in [-0.25, -0.2) is 0 Å². The van der Waals surface area contributed by atoms with Gasteiger partial charge in [0.15, 0.2) is 0 Å². The Bertz CT molecular complexity index is 660. The molecule has 0 aromatic heterocycles. The van der Waals surface area contributed by atoms with E-state index in [0.29, 0.717) is 29.4 Å². The summed E-state index contributed by atoms with van der Waals surface area (Å²) in [5.41, 5.74) is 8.98. The van der Waals surface area contributed by atoms with Crippen LogP contribution in [0.4, 0.5) is 5.69 Å². The molecule has 4 heteroatoms. The summed E-state index contributed by atoms with van der Waals surface area (Å²) in [5, 5.41) is 8.94. The molecule has 0 aliphatic heterocycles. The van der Waals surface area contributed by atoms with Crippen LogP contribution in [0.5, 0.6) is 11.5 Å². The quantitative estimate of drug-likeness (QED) is 0.865. The van der Waals surface area contributed by atoms with E-state index in [1.807, 2.05) is 31.2 Å². The number of ether oxygens (including phenoxy) is 2. The van der Waals surface area contributed by atoms with E-state index in [2.05, 4.69) is 6.07 Å². The molecule has 0 aliphatic carbocycles. The molecule has 0 radical (unpaired) electrons. The minimum Gasteiger partial charge on any atom is -0.495 e. The van der Waals surface area contributed by atoms with Crippen molar-refractivity contribution in [3.8, 4) is 17.6 Å². The molecule has 2 aromatic rings. The van der Waals surface area contributed by atoms with Gasteiger partial charge >= 0.3 is 0 Å². The summed E-state index contributed by atoms with van der Waals surface area (Å²) in [6.07, 6.45) is 0. The van der Waals surface area contributed by atoms with Gasteiger partial charge in [0, 0.05) is 0 Å². The number of methoxy groups -OCH3 is 1. The van der Waals surface area contributed by atoms with Gasteiger partial charge in [0.05, 0.1) is 18.4 Å². The van der Waals surface area contributed by atoms with Gasteiger partial charge in [0.1, 0.15) is 24.2 Å². The third-order valence-corrected chi connectivity index (χ3v) is 2.95. The van der Waals surface area contributed by atoms with E-state index in [0.717, 1.165) is 11.1 Å². The van der Waals surface area contributed by atoms with Gasteiger partial charge in [0.25, 0.3) is 0 Å². The predicted molar refractivity (Wildman–Crippen MR) is 77.6 cm³/mol. The van der Waals surface area contributed by atoms with Gasteiger partial charge in [-0.05, 0) is 42.3 Å². The normalized spacial score (nSPS) is 9.85. The van der Waals surface area contributed by atoms with Crippen molar-refractivity contribution in [3.05, 3.63) is 53.1 Å². The number of hydrogen-bond donors (Lipinski definition) is 1. The fraction of sp³-hybridized carbons (Fsp3) is 0.188. The average Bonchev–Trinajstić information content (AvgIpc) is 2.47. The molecule has 0 saturated carbocycles. The number of anilines is 1. The van der Waals surface area contributed by atoms with Gasteiger partial charge < -0.3 is 15.2 Å². The second-order valence-corrected chi connectivity index (χ2v) is 4.48. The topological polar surface area (TPSA) is 68.3 Å². The molecule has 2 rings (SSSR count). The first-order chi connectivity index (χ1) is 9.63. The second kappa shape index (κ2) is 5.98. The third-order valence-electron chi connectivity index (χ3n) is 2.95.